The zero-order valence-corrected chi connectivity index (χ0v) is 74.5. The second-order valence-electron chi connectivity index (χ2n) is 33.7. The van der Waals surface area contributed by atoms with Crippen molar-refractivity contribution in [2.45, 2.75) is 503 Å². The first-order valence-corrected chi connectivity index (χ1v) is 49.9. The van der Waals surface area contributed by atoms with Gasteiger partial charge in [-0.1, -0.05) is 434 Å². The van der Waals surface area contributed by atoms with E-state index in [2.05, 4.69) is 48.5 Å². The van der Waals surface area contributed by atoms with E-state index in [-0.39, 0.29) is 25.7 Å². The molecule has 0 aliphatic carbocycles. The summed E-state index contributed by atoms with van der Waals surface area (Å²) in [5, 5.41) is 10.7. The molecule has 0 aromatic carbocycles. The first-order valence-electron chi connectivity index (χ1n) is 46.9. The van der Waals surface area contributed by atoms with Gasteiger partial charge in [0.2, 0.25) is 0 Å². The predicted octanol–water partition coefficient (Wildman–Crippen LogP) is 28.0. The second kappa shape index (κ2) is 80.8. The van der Waals surface area contributed by atoms with Crippen LogP contribution in [0.4, 0.5) is 0 Å². The highest BCUT2D eigenvalue weighted by Gasteiger charge is 2.31. The zero-order valence-electron chi connectivity index (χ0n) is 72.7. The van der Waals surface area contributed by atoms with Gasteiger partial charge in [-0.25, -0.2) is 9.13 Å². The van der Waals surface area contributed by atoms with E-state index in [4.69, 9.17) is 37.0 Å². The molecule has 0 saturated carbocycles. The molecule has 0 radical (unpaired) electrons. The highest BCUT2D eigenvalue weighted by Crippen LogP contribution is 2.45. The van der Waals surface area contributed by atoms with Gasteiger partial charge >= 0.3 is 39.5 Å². The average Bonchev–Trinajstić information content (AvgIpc) is 0.902. The average molecular weight is 1610 g/mol. The van der Waals surface area contributed by atoms with E-state index in [0.29, 0.717) is 25.7 Å². The summed E-state index contributed by atoms with van der Waals surface area (Å²) >= 11 is 0. The van der Waals surface area contributed by atoms with Crippen LogP contribution in [0.25, 0.3) is 0 Å². The Labute approximate surface area is 677 Å². The Morgan fingerprint density at radius 3 is 0.691 bits per heavy atom. The van der Waals surface area contributed by atoms with Crippen LogP contribution in [0.5, 0.6) is 0 Å². The van der Waals surface area contributed by atoms with Gasteiger partial charge in [-0.3, -0.25) is 37.3 Å². The molecule has 0 aromatic heterocycles. The van der Waals surface area contributed by atoms with Gasteiger partial charge in [-0.15, -0.1) is 0 Å². The van der Waals surface area contributed by atoms with E-state index < -0.39 is 97.5 Å². The lowest BCUT2D eigenvalue weighted by atomic mass is 9.99. The molecule has 19 heteroatoms. The number of hydrogen-bond acceptors (Lipinski definition) is 15. The van der Waals surface area contributed by atoms with Crippen molar-refractivity contribution in [1.82, 2.24) is 0 Å². The summed E-state index contributed by atoms with van der Waals surface area (Å²) in [6.07, 6.45) is 73.5. The first kappa shape index (κ1) is 108. The number of aliphatic hydroxyl groups excluding tert-OH is 1. The molecule has 654 valence electrons. The monoisotopic (exact) mass is 1610 g/mol. The highest BCUT2D eigenvalue weighted by molar-refractivity contribution is 7.47. The fraction of sp³-hybridized carbons (Fsp3) is 0.956. The molecule has 0 aromatic rings. The van der Waals surface area contributed by atoms with Crippen LogP contribution in [0.1, 0.15) is 485 Å². The third-order valence-corrected chi connectivity index (χ3v) is 24.0. The van der Waals surface area contributed by atoms with Crippen molar-refractivity contribution in [3.8, 4) is 0 Å². The summed E-state index contributed by atoms with van der Waals surface area (Å²) in [7, 11) is -9.94. The minimum atomic E-state index is -4.97. The molecule has 17 nitrogen and oxygen atoms in total. The van der Waals surface area contributed by atoms with Gasteiger partial charge in [-0.2, -0.15) is 0 Å². The standard InChI is InChI=1S/C91H178O17P2/c1-8-11-12-13-14-15-16-29-36-44-51-58-65-72-88(93)101-79-87(108-91(96)75-68-61-54-47-40-39-43-50-57-64-71-84(7)10-3)81-106-110(99,100)104-77-85(92)76-103-109(97,98)105-80-86(78-102-89(94)73-66-59-52-45-37-32-27-23-19-17-21-25-30-34-41-48-55-62-69-82(4)5)107-90(95)74-67-60-53-46-38-33-28-24-20-18-22-26-31-35-42-49-56-63-70-83(6)9-2/h82-87,92H,8-81H2,1-7H3,(H,97,98)(H,99,100)/t83?,84?,85-,86-,87-/m1/s1. The van der Waals surface area contributed by atoms with E-state index in [1.54, 1.807) is 0 Å². The summed E-state index contributed by atoms with van der Waals surface area (Å²) in [6, 6.07) is 0. The van der Waals surface area contributed by atoms with Crippen molar-refractivity contribution in [2.24, 2.45) is 17.8 Å². The Bertz CT molecular complexity index is 2120. The van der Waals surface area contributed by atoms with E-state index in [1.807, 2.05) is 0 Å². The molecule has 3 N–H and O–H groups in total. The van der Waals surface area contributed by atoms with Gasteiger partial charge in [0.1, 0.15) is 19.3 Å². The van der Waals surface area contributed by atoms with Crippen LogP contribution in [0.15, 0.2) is 0 Å². The molecule has 4 unspecified atom stereocenters. The fourth-order valence-electron chi connectivity index (χ4n) is 14.2. The van der Waals surface area contributed by atoms with Crippen molar-refractivity contribution >= 4 is 39.5 Å². The van der Waals surface area contributed by atoms with Crippen LogP contribution < -0.4 is 0 Å². The van der Waals surface area contributed by atoms with Crippen LogP contribution in [0.3, 0.4) is 0 Å². The number of esters is 4. The van der Waals surface area contributed by atoms with Gasteiger partial charge in [0, 0.05) is 25.7 Å². The first-order chi connectivity index (χ1) is 53.3. The normalized spacial score (nSPS) is 14.3. The zero-order chi connectivity index (χ0) is 80.8. The topological polar surface area (TPSA) is 237 Å². The number of phosphoric ester groups is 2. The molecule has 0 amide bonds. The van der Waals surface area contributed by atoms with Gasteiger partial charge in [0.05, 0.1) is 26.4 Å². The van der Waals surface area contributed by atoms with Crippen molar-refractivity contribution in [1.29, 1.82) is 0 Å². The van der Waals surface area contributed by atoms with E-state index in [9.17, 15) is 43.2 Å². The van der Waals surface area contributed by atoms with Gasteiger partial charge < -0.3 is 33.8 Å². The number of carbonyl (C=O) groups is 4. The van der Waals surface area contributed by atoms with Crippen molar-refractivity contribution in [3.63, 3.8) is 0 Å². The predicted molar refractivity (Wildman–Crippen MR) is 455 cm³/mol. The van der Waals surface area contributed by atoms with Crippen LogP contribution in [-0.2, 0) is 65.4 Å². The van der Waals surface area contributed by atoms with E-state index >= 15 is 0 Å². The number of rotatable bonds is 89. The third kappa shape index (κ3) is 81.2. The molecule has 0 aliphatic rings. The third-order valence-electron chi connectivity index (χ3n) is 22.1. The lowest BCUT2D eigenvalue weighted by Crippen LogP contribution is -2.30. The molecular formula is C91H178O17P2. The molecule has 0 spiro atoms. The molecule has 0 fully saturated rings. The largest absolute Gasteiger partial charge is 0.472 e. The minimum absolute atomic E-state index is 0.107. The molecular weight excluding hydrogens is 1430 g/mol. The van der Waals surface area contributed by atoms with Crippen LogP contribution in [0.2, 0.25) is 0 Å². The summed E-state index contributed by atoms with van der Waals surface area (Å²) in [4.78, 5) is 73.4. The highest BCUT2D eigenvalue weighted by atomic mass is 31.2. The van der Waals surface area contributed by atoms with Crippen molar-refractivity contribution < 1.29 is 80.2 Å². The lowest BCUT2D eigenvalue weighted by molar-refractivity contribution is -0.161. The molecule has 7 atom stereocenters. The van der Waals surface area contributed by atoms with Crippen LogP contribution >= 0.6 is 15.6 Å². The second-order valence-corrected chi connectivity index (χ2v) is 36.6. The SMILES string of the molecule is CCCCCCCCCCCCCCCC(=O)OC[C@H](COP(=O)(O)OC[C@H](O)COP(=O)(O)OC[C@@H](COC(=O)CCCCCCCCCCCCCCCCCCCCC(C)C)OC(=O)CCCCCCCCCCCCCCCCCCCCC(C)CC)OC(=O)CCCCCCCCCCCCC(C)CC. The maximum Gasteiger partial charge on any atom is 0.472 e. The van der Waals surface area contributed by atoms with Crippen molar-refractivity contribution in [3.05, 3.63) is 0 Å². The maximum atomic E-state index is 13.2. The van der Waals surface area contributed by atoms with Crippen LogP contribution in [-0.4, -0.2) is 96.7 Å². The number of carbonyl (C=O) groups excluding carboxylic acids is 4. The Balaban J connectivity index is 5.24. The molecule has 0 saturated heterocycles. The number of phosphoric acid groups is 2. The lowest BCUT2D eigenvalue weighted by Gasteiger charge is -2.21. The quantitative estimate of drug-likeness (QED) is 0.0222. The number of ether oxygens (including phenoxy) is 4. The van der Waals surface area contributed by atoms with Crippen molar-refractivity contribution in [2.75, 3.05) is 39.6 Å². The summed E-state index contributed by atoms with van der Waals surface area (Å²) < 4.78 is 69.1. The molecule has 0 heterocycles. The Morgan fingerprint density at radius 1 is 0.264 bits per heavy atom. The molecule has 110 heavy (non-hydrogen) atoms. The van der Waals surface area contributed by atoms with E-state index in [0.717, 1.165) is 108 Å². The summed E-state index contributed by atoms with van der Waals surface area (Å²) in [6.45, 7) is 12.1. The Morgan fingerprint density at radius 2 is 0.464 bits per heavy atom. The van der Waals surface area contributed by atoms with Crippen LogP contribution in [0, 0.1) is 17.8 Å². The maximum absolute atomic E-state index is 13.2. The summed E-state index contributed by atoms with van der Waals surface area (Å²) in [5.41, 5.74) is 0. The number of hydrogen-bond donors (Lipinski definition) is 3. The van der Waals surface area contributed by atoms with Gasteiger partial charge in [0.25, 0.3) is 0 Å². The molecule has 0 aliphatic heterocycles. The number of aliphatic hydroxyl groups is 1. The fourth-order valence-corrected chi connectivity index (χ4v) is 15.8. The smallest absolute Gasteiger partial charge is 0.462 e. The Kier molecular flexibility index (Phi) is 79.4. The Hall–Kier alpha value is -1.94. The molecule has 0 rings (SSSR count). The van der Waals surface area contributed by atoms with E-state index in [1.165, 1.54) is 295 Å². The van der Waals surface area contributed by atoms with Gasteiger partial charge in [0.15, 0.2) is 12.2 Å². The molecule has 0 bridgehead atoms. The van der Waals surface area contributed by atoms with Gasteiger partial charge in [-0.05, 0) is 43.4 Å². The summed E-state index contributed by atoms with van der Waals surface area (Å²) in [5.74, 6) is 0.400. The minimum Gasteiger partial charge on any atom is -0.462 e. The number of unbranched alkanes of at least 4 members (excludes halogenated alkanes) is 55.